The molecule has 0 saturated heterocycles. The summed E-state index contributed by atoms with van der Waals surface area (Å²) < 4.78 is 0. The molecule has 3 unspecified atom stereocenters. The first-order chi connectivity index (χ1) is 10.7. The van der Waals surface area contributed by atoms with Gasteiger partial charge in [0.05, 0.1) is 12.7 Å². The fraction of sp³-hybridized carbons (Fsp3) is 0.895. The van der Waals surface area contributed by atoms with Gasteiger partial charge in [-0.15, -0.1) is 6.58 Å². The Bertz CT molecular complexity index is 243. The molecule has 0 aromatic carbocycles. The van der Waals surface area contributed by atoms with Gasteiger partial charge >= 0.3 is 0 Å². The summed E-state index contributed by atoms with van der Waals surface area (Å²) in [6.45, 7) is 5.57. The molecule has 0 saturated carbocycles. The van der Waals surface area contributed by atoms with Crippen LogP contribution in [0.1, 0.15) is 84.0 Å². The fourth-order valence-corrected chi connectivity index (χ4v) is 2.87. The highest BCUT2D eigenvalue weighted by molar-refractivity contribution is 4.87. The Balaban J connectivity index is 3.45. The maximum Gasteiger partial charge on any atom is 0.103 e. The van der Waals surface area contributed by atoms with E-state index < -0.39 is 18.8 Å². The lowest BCUT2D eigenvalue weighted by Gasteiger charge is -2.23. The normalized spacial score (nSPS) is 15.5. The van der Waals surface area contributed by atoms with E-state index in [1.165, 1.54) is 64.2 Å². The van der Waals surface area contributed by atoms with Crippen LogP contribution in [0.3, 0.4) is 0 Å². The second-order valence-electron chi connectivity index (χ2n) is 6.46. The lowest BCUT2D eigenvalue weighted by Crippen LogP contribution is -2.35. The number of hydrogen-bond acceptors (Lipinski definition) is 3. The molecule has 0 bridgehead atoms. The maximum atomic E-state index is 9.86. The monoisotopic (exact) mass is 314 g/mol. The molecule has 0 radical (unpaired) electrons. The Morgan fingerprint density at radius 2 is 1.27 bits per heavy atom. The first-order valence-corrected chi connectivity index (χ1v) is 9.26. The quantitative estimate of drug-likeness (QED) is 0.295. The predicted octanol–water partition coefficient (Wildman–Crippen LogP) is 4.20. The molecule has 3 heteroatoms. The third-order valence-corrected chi connectivity index (χ3v) is 4.46. The van der Waals surface area contributed by atoms with Crippen LogP contribution < -0.4 is 0 Å². The Labute approximate surface area is 137 Å². The number of rotatable bonds is 16. The number of aliphatic hydroxyl groups excluding tert-OH is 3. The van der Waals surface area contributed by atoms with Gasteiger partial charge in [0.2, 0.25) is 0 Å². The lowest BCUT2D eigenvalue weighted by molar-refractivity contribution is -0.0352. The highest BCUT2D eigenvalue weighted by Gasteiger charge is 2.22. The van der Waals surface area contributed by atoms with E-state index in [2.05, 4.69) is 13.5 Å². The highest BCUT2D eigenvalue weighted by atomic mass is 16.4. The molecule has 0 aromatic heterocycles. The molecule has 0 aliphatic carbocycles. The van der Waals surface area contributed by atoms with E-state index in [0.29, 0.717) is 0 Å². The second-order valence-corrected chi connectivity index (χ2v) is 6.46. The van der Waals surface area contributed by atoms with Crippen LogP contribution in [0.5, 0.6) is 0 Å². The molecule has 0 spiro atoms. The molecule has 0 aliphatic heterocycles. The van der Waals surface area contributed by atoms with Crippen LogP contribution in [0, 0.1) is 5.92 Å². The van der Waals surface area contributed by atoms with Crippen LogP contribution in [-0.2, 0) is 0 Å². The molecule has 0 rings (SSSR count). The molecule has 0 aromatic rings. The summed E-state index contributed by atoms with van der Waals surface area (Å²) in [4.78, 5) is 0. The molecule has 132 valence electrons. The Kier molecular flexibility index (Phi) is 15.2. The van der Waals surface area contributed by atoms with Crippen molar-refractivity contribution in [3.8, 4) is 0 Å². The molecule has 0 heterocycles. The van der Waals surface area contributed by atoms with Gasteiger partial charge in [0.15, 0.2) is 0 Å². The van der Waals surface area contributed by atoms with Crippen LogP contribution in [0.4, 0.5) is 0 Å². The zero-order valence-corrected chi connectivity index (χ0v) is 14.6. The van der Waals surface area contributed by atoms with Crippen molar-refractivity contribution in [3.63, 3.8) is 0 Å². The van der Waals surface area contributed by atoms with Crippen molar-refractivity contribution in [1.82, 2.24) is 0 Å². The number of unbranched alkanes of at least 4 members (excludes halogenated alkanes) is 10. The molecule has 3 atom stereocenters. The largest absolute Gasteiger partial charge is 0.394 e. The van der Waals surface area contributed by atoms with Gasteiger partial charge in [-0.05, 0) is 6.42 Å². The molecule has 0 aliphatic rings. The van der Waals surface area contributed by atoms with Gasteiger partial charge in [-0.1, -0.05) is 83.6 Å². The summed E-state index contributed by atoms with van der Waals surface area (Å²) in [5.41, 5.74) is 0. The minimum Gasteiger partial charge on any atom is -0.394 e. The first kappa shape index (κ1) is 21.6. The summed E-state index contributed by atoms with van der Waals surface area (Å²) >= 11 is 0. The van der Waals surface area contributed by atoms with E-state index in [4.69, 9.17) is 5.11 Å². The van der Waals surface area contributed by atoms with E-state index in [0.717, 1.165) is 12.8 Å². The molecular weight excluding hydrogens is 276 g/mol. The molecule has 3 nitrogen and oxygen atoms in total. The summed E-state index contributed by atoms with van der Waals surface area (Å²) in [5, 5.41) is 28.2. The minimum atomic E-state index is -1.06. The maximum absolute atomic E-state index is 9.86. The summed E-state index contributed by atoms with van der Waals surface area (Å²) in [7, 11) is 0. The predicted molar refractivity (Wildman–Crippen MR) is 93.9 cm³/mol. The standard InChI is InChI=1S/C19H38O3/c1-3-5-6-7-8-9-10-11-12-13-14-15-17(4-2)19(22)18(21)16-20/h4,17-22H,2-3,5-16H2,1H3. The van der Waals surface area contributed by atoms with E-state index >= 15 is 0 Å². The van der Waals surface area contributed by atoms with Crippen LogP contribution in [0.15, 0.2) is 12.7 Å². The van der Waals surface area contributed by atoms with E-state index in [-0.39, 0.29) is 5.92 Å². The topological polar surface area (TPSA) is 60.7 Å². The van der Waals surface area contributed by atoms with E-state index in [9.17, 15) is 10.2 Å². The third-order valence-electron chi connectivity index (χ3n) is 4.46. The van der Waals surface area contributed by atoms with Gasteiger partial charge in [-0.25, -0.2) is 0 Å². The average molecular weight is 315 g/mol. The first-order valence-electron chi connectivity index (χ1n) is 9.26. The van der Waals surface area contributed by atoms with Gasteiger partial charge in [0.25, 0.3) is 0 Å². The van der Waals surface area contributed by atoms with E-state index in [1.807, 2.05) is 0 Å². The molecular formula is C19H38O3. The van der Waals surface area contributed by atoms with Crippen molar-refractivity contribution >= 4 is 0 Å². The smallest absolute Gasteiger partial charge is 0.103 e. The van der Waals surface area contributed by atoms with E-state index in [1.54, 1.807) is 6.08 Å². The van der Waals surface area contributed by atoms with Crippen molar-refractivity contribution in [1.29, 1.82) is 0 Å². The zero-order valence-electron chi connectivity index (χ0n) is 14.6. The molecule has 0 fully saturated rings. The molecule has 22 heavy (non-hydrogen) atoms. The minimum absolute atomic E-state index is 0.124. The van der Waals surface area contributed by atoms with Crippen molar-refractivity contribution < 1.29 is 15.3 Å². The summed E-state index contributed by atoms with van der Waals surface area (Å²) in [6, 6.07) is 0. The van der Waals surface area contributed by atoms with Crippen molar-refractivity contribution in [2.75, 3.05) is 6.61 Å². The van der Waals surface area contributed by atoms with Crippen LogP contribution in [-0.4, -0.2) is 34.1 Å². The lowest BCUT2D eigenvalue weighted by atomic mass is 9.92. The Morgan fingerprint density at radius 3 is 1.68 bits per heavy atom. The Hall–Kier alpha value is -0.380. The molecule has 0 amide bonds. The van der Waals surface area contributed by atoms with Crippen molar-refractivity contribution in [2.24, 2.45) is 5.92 Å². The average Bonchev–Trinajstić information content (AvgIpc) is 2.54. The van der Waals surface area contributed by atoms with Crippen LogP contribution in [0.2, 0.25) is 0 Å². The fourth-order valence-electron chi connectivity index (χ4n) is 2.87. The summed E-state index contributed by atoms with van der Waals surface area (Å²) in [5.74, 6) is -0.124. The molecule has 3 N–H and O–H groups in total. The Morgan fingerprint density at radius 1 is 0.818 bits per heavy atom. The van der Waals surface area contributed by atoms with Gasteiger partial charge in [0, 0.05) is 5.92 Å². The van der Waals surface area contributed by atoms with Gasteiger partial charge in [-0.2, -0.15) is 0 Å². The van der Waals surface area contributed by atoms with Crippen molar-refractivity contribution in [3.05, 3.63) is 12.7 Å². The summed E-state index contributed by atoms with van der Waals surface area (Å²) in [6.07, 6.45) is 14.9. The third kappa shape index (κ3) is 11.2. The second kappa shape index (κ2) is 15.5. The number of aliphatic hydroxyl groups is 3. The van der Waals surface area contributed by atoms with Gasteiger partial charge in [0.1, 0.15) is 6.10 Å². The SMILES string of the molecule is C=CC(CCCCCCCCCCCCC)C(O)C(O)CO. The zero-order chi connectivity index (χ0) is 16.6. The number of hydrogen-bond donors (Lipinski definition) is 3. The van der Waals surface area contributed by atoms with Gasteiger partial charge < -0.3 is 15.3 Å². The highest BCUT2D eigenvalue weighted by Crippen LogP contribution is 2.19. The van der Waals surface area contributed by atoms with Crippen LogP contribution >= 0.6 is 0 Å². The van der Waals surface area contributed by atoms with Crippen molar-refractivity contribution in [2.45, 2.75) is 96.2 Å². The van der Waals surface area contributed by atoms with Gasteiger partial charge in [-0.3, -0.25) is 0 Å². The van der Waals surface area contributed by atoms with Crippen LogP contribution in [0.25, 0.3) is 0 Å².